The Balaban J connectivity index is 1.68. The van der Waals surface area contributed by atoms with Gasteiger partial charge in [0.25, 0.3) is 0 Å². The molecule has 3 aromatic rings. The van der Waals surface area contributed by atoms with Gasteiger partial charge in [0.2, 0.25) is 0 Å². The van der Waals surface area contributed by atoms with Crippen molar-refractivity contribution >= 4 is 22.9 Å². The van der Waals surface area contributed by atoms with Crippen molar-refractivity contribution in [3.8, 4) is 0 Å². The average molecular weight is 339 g/mol. The summed E-state index contributed by atoms with van der Waals surface area (Å²) in [5.41, 5.74) is 7.93. The molecule has 0 aliphatic heterocycles. The molecule has 0 bridgehead atoms. The Kier molecular flexibility index (Phi) is 5.02. The lowest BCUT2D eigenvalue weighted by molar-refractivity contribution is 0.691. The number of aromatic nitrogens is 1. The van der Waals surface area contributed by atoms with Crippen molar-refractivity contribution in [1.82, 2.24) is 9.71 Å². The number of hydrogen-bond acceptors (Lipinski definition) is 2. The Labute approximate surface area is 149 Å². The van der Waals surface area contributed by atoms with Gasteiger partial charge in [-0.2, -0.15) is 0 Å². The highest BCUT2D eigenvalue weighted by Gasteiger charge is 2.11. The summed E-state index contributed by atoms with van der Waals surface area (Å²) >= 11 is 1.76. The van der Waals surface area contributed by atoms with E-state index in [0.717, 1.165) is 6.42 Å². The summed E-state index contributed by atoms with van der Waals surface area (Å²) in [7, 11) is 0. The topological polar surface area (TPSA) is 27.8 Å². The first-order valence-corrected chi connectivity index (χ1v) is 9.32. The van der Waals surface area contributed by atoms with Crippen LogP contribution in [0.15, 0.2) is 41.4 Å². The summed E-state index contributed by atoms with van der Waals surface area (Å²) in [4.78, 5) is 4.75. The first kappa shape index (κ1) is 17.1. The number of fused-ring (bicyclic) bond motifs is 1. The van der Waals surface area contributed by atoms with Crippen LogP contribution in [0.5, 0.6) is 0 Å². The number of aromatic amines is 1. The van der Waals surface area contributed by atoms with E-state index in [4.69, 9.17) is 0 Å². The highest BCUT2D eigenvalue weighted by atomic mass is 32.2. The van der Waals surface area contributed by atoms with Crippen LogP contribution in [0.3, 0.4) is 0 Å². The van der Waals surface area contributed by atoms with Crippen LogP contribution in [0, 0.1) is 27.7 Å². The molecule has 24 heavy (non-hydrogen) atoms. The van der Waals surface area contributed by atoms with Crippen LogP contribution in [0.1, 0.15) is 34.7 Å². The molecule has 0 amide bonds. The number of hydrogen-bond donors (Lipinski definition) is 2. The van der Waals surface area contributed by atoms with Crippen molar-refractivity contribution in [3.63, 3.8) is 0 Å². The maximum atomic E-state index is 3.62. The zero-order chi connectivity index (χ0) is 17.3. The van der Waals surface area contributed by atoms with E-state index in [1.807, 2.05) is 0 Å². The van der Waals surface area contributed by atoms with E-state index < -0.39 is 0 Å². The lowest BCUT2D eigenvalue weighted by atomic mass is 10.1. The quantitative estimate of drug-likeness (QED) is 0.590. The molecular weight excluding hydrogens is 312 g/mol. The summed E-state index contributed by atoms with van der Waals surface area (Å²) < 4.78 is 3.62. The molecule has 0 saturated heterocycles. The van der Waals surface area contributed by atoms with Gasteiger partial charge in [-0.15, -0.1) is 0 Å². The van der Waals surface area contributed by atoms with E-state index in [1.165, 1.54) is 43.6 Å². The fourth-order valence-electron chi connectivity index (χ4n) is 3.33. The molecular formula is C21H26N2S. The predicted octanol–water partition coefficient (Wildman–Crippen LogP) is 5.63. The van der Waals surface area contributed by atoms with Gasteiger partial charge in [-0.1, -0.05) is 29.8 Å². The largest absolute Gasteiger partial charge is 0.361 e. The third-order valence-electron chi connectivity index (χ3n) is 4.42. The monoisotopic (exact) mass is 338 g/mol. The molecule has 0 fully saturated rings. The molecule has 1 atom stereocenters. The first-order valence-electron chi connectivity index (χ1n) is 8.51. The zero-order valence-electron chi connectivity index (χ0n) is 15.2. The highest BCUT2D eigenvalue weighted by molar-refractivity contribution is 7.97. The molecule has 1 unspecified atom stereocenters. The molecule has 0 saturated carbocycles. The highest BCUT2D eigenvalue weighted by Crippen LogP contribution is 2.27. The van der Waals surface area contributed by atoms with Crippen LogP contribution in [0.4, 0.5) is 0 Å². The van der Waals surface area contributed by atoms with Crippen molar-refractivity contribution in [2.45, 2.75) is 52.0 Å². The van der Waals surface area contributed by atoms with Gasteiger partial charge in [-0.25, -0.2) is 0 Å². The minimum absolute atomic E-state index is 0.399. The van der Waals surface area contributed by atoms with Gasteiger partial charge in [0.15, 0.2) is 0 Å². The minimum Gasteiger partial charge on any atom is -0.361 e. The second-order valence-corrected chi connectivity index (χ2v) is 7.76. The van der Waals surface area contributed by atoms with Crippen LogP contribution in [-0.4, -0.2) is 11.0 Å². The molecule has 126 valence electrons. The van der Waals surface area contributed by atoms with Crippen LogP contribution < -0.4 is 4.72 Å². The molecule has 2 aromatic carbocycles. The fourth-order valence-corrected chi connectivity index (χ4v) is 4.17. The molecule has 0 spiro atoms. The average Bonchev–Trinajstić information content (AvgIpc) is 2.88. The van der Waals surface area contributed by atoms with Gasteiger partial charge in [0.1, 0.15) is 0 Å². The normalized spacial score (nSPS) is 12.7. The minimum atomic E-state index is 0.399. The standard InChI is InChI=1S/C21H26N2S/c1-13-6-7-19-18(12-22-20(19)10-13)11-17(5)23-24-21-15(3)8-14(2)9-16(21)4/h6-10,12,17,22-23H,11H2,1-5H3. The molecule has 0 aliphatic carbocycles. The van der Waals surface area contributed by atoms with E-state index in [0.29, 0.717) is 6.04 Å². The van der Waals surface area contributed by atoms with Gasteiger partial charge in [0.05, 0.1) is 0 Å². The molecule has 2 nitrogen and oxygen atoms in total. The van der Waals surface area contributed by atoms with Crippen LogP contribution in [-0.2, 0) is 6.42 Å². The third kappa shape index (κ3) is 3.68. The second-order valence-electron chi connectivity index (χ2n) is 6.92. The fraction of sp³-hybridized carbons (Fsp3) is 0.333. The smallest absolute Gasteiger partial charge is 0.0459 e. The Hall–Kier alpha value is -1.71. The Morgan fingerprint density at radius 1 is 1.00 bits per heavy atom. The molecule has 0 radical (unpaired) electrons. The Morgan fingerprint density at radius 3 is 2.42 bits per heavy atom. The molecule has 1 aromatic heterocycles. The van der Waals surface area contributed by atoms with Crippen molar-refractivity contribution in [2.24, 2.45) is 0 Å². The predicted molar refractivity (Wildman–Crippen MR) is 106 cm³/mol. The Bertz CT molecular complexity index is 840. The van der Waals surface area contributed by atoms with Gasteiger partial charge < -0.3 is 4.98 Å². The SMILES string of the molecule is Cc1cc(C)c(SNC(C)Cc2c[nH]c3cc(C)ccc23)c(C)c1. The van der Waals surface area contributed by atoms with E-state index in [9.17, 15) is 0 Å². The first-order chi connectivity index (χ1) is 11.4. The maximum Gasteiger partial charge on any atom is 0.0459 e. The van der Waals surface area contributed by atoms with Gasteiger partial charge >= 0.3 is 0 Å². The van der Waals surface area contributed by atoms with E-state index >= 15 is 0 Å². The van der Waals surface area contributed by atoms with E-state index in [2.05, 4.69) is 80.9 Å². The molecule has 1 heterocycles. The number of benzene rings is 2. The number of H-pyrrole nitrogens is 1. The van der Waals surface area contributed by atoms with Crippen molar-refractivity contribution in [3.05, 3.63) is 64.3 Å². The summed E-state index contributed by atoms with van der Waals surface area (Å²) in [5.74, 6) is 0. The molecule has 0 aliphatic rings. The van der Waals surface area contributed by atoms with Crippen molar-refractivity contribution < 1.29 is 0 Å². The van der Waals surface area contributed by atoms with Gasteiger partial charge in [0, 0.05) is 28.0 Å². The van der Waals surface area contributed by atoms with Gasteiger partial charge in [-0.3, -0.25) is 4.72 Å². The van der Waals surface area contributed by atoms with Crippen LogP contribution in [0.2, 0.25) is 0 Å². The lowest BCUT2D eigenvalue weighted by Crippen LogP contribution is -2.21. The van der Waals surface area contributed by atoms with Crippen LogP contribution in [0.25, 0.3) is 10.9 Å². The maximum absolute atomic E-state index is 3.62. The lowest BCUT2D eigenvalue weighted by Gasteiger charge is -2.16. The van der Waals surface area contributed by atoms with Crippen LogP contribution >= 0.6 is 11.9 Å². The summed E-state index contributed by atoms with van der Waals surface area (Å²) in [6.07, 6.45) is 3.16. The molecule has 2 N–H and O–H groups in total. The zero-order valence-corrected chi connectivity index (χ0v) is 16.0. The number of rotatable bonds is 5. The third-order valence-corrected chi connectivity index (χ3v) is 5.78. The summed E-state index contributed by atoms with van der Waals surface area (Å²) in [5, 5.41) is 1.34. The molecule has 3 rings (SSSR count). The summed E-state index contributed by atoms with van der Waals surface area (Å²) in [6.45, 7) is 10.9. The second kappa shape index (κ2) is 7.04. The van der Waals surface area contributed by atoms with E-state index in [-0.39, 0.29) is 0 Å². The number of nitrogens with one attached hydrogen (secondary N) is 2. The number of aryl methyl sites for hydroxylation is 4. The van der Waals surface area contributed by atoms with Crippen molar-refractivity contribution in [1.29, 1.82) is 0 Å². The summed E-state index contributed by atoms with van der Waals surface area (Å²) in [6, 6.07) is 11.5. The van der Waals surface area contributed by atoms with Crippen molar-refractivity contribution in [2.75, 3.05) is 0 Å². The van der Waals surface area contributed by atoms with E-state index in [1.54, 1.807) is 11.9 Å². The Morgan fingerprint density at radius 2 is 1.71 bits per heavy atom. The molecule has 3 heteroatoms. The van der Waals surface area contributed by atoms with Gasteiger partial charge in [-0.05, 0) is 81.3 Å².